The average Bonchev–Trinajstić information content (AvgIpc) is 2.49. The van der Waals surface area contributed by atoms with Gasteiger partial charge in [0.1, 0.15) is 0 Å². The molecule has 2 unspecified atom stereocenters. The summed E-state index contributed by atoms with van der Waals surface area (Å²) in [6.45, 7) is 9.08. The second kappa shape index (κ2) is 3.10. The summed E-state index contributed by atoms with van der Waals surface area (Å²) in [6, 6.07) is 0. The van der Waals surface area contributed by atoms with Gasteiger partial charge in [0.15, 0.2) is 0 Å². The fourth-order valence-corrected chi connectivity index (χ4v) is 3.20. The number of carbonyl (C=O) groups is 1. The number of allylic oxidation sites excluding steroid dienone is 1. The molecule has 0 aliphatic heterocycles. The van der Waals surface area contributed by atoms with E-state index in [1.54, 1.807) is 0 Å². The SMILES string of the molecule is CCOC(=O)C1=CC2CCC1(C)C2(C)C. The van der Waals surface area contributed by atoms with Crippen molar-refractivity contribution in [3.63, 3.8) is 0 Å². The van der Waals surface area contributed by atoms with Gasteiger partial charge >= 0.3 is 5.97 Å². The molecule has 0 amide bonds. The highest BCUT2D eigenvalue weighted by molar-refractivity contribution is 5.91. The molecule has 0 spiro atoms. The van der Waals surface area contributed by atoms with Crippen molar-refractivity contribution in [1.29, 1.82) is 0 Å². The third-order valence-electron chi connectivity index (χ3n) is 4.76. The first-order valence-corrected chi connectivity index (χ1v) is 5.83. The van der Waals surface area contributed by atoms with Crippen LogP contribution in [0, 0.1) is 16.7 Å². The lowest BCUT2D eigenvalue weighted by Crippen LogP contribution is -2.33. The van der Waals surface area contributed by atoms with E-state index in [2.05, 4.69) is 26.8 Å². The van der Waals surface area contributed by atoms with Crippen molar-refractivity contribution in [2.24, 2.45) is 16.7 Å². The average molecular weight is 208 g/mol. The van der Waals surface area contributed by atoms with Crippen LogP contribution in [-0.2, 0) is 9.53 Å². The minimum absolute atomic E-state index is 0.0317. The monoisotopic (exact) mass is 208 g/mol. The molecule has 2 heteroatoms. The zero-order valence-corrected chi connectivity index (χ0v) is 10.1. The molecule has 0 N–H and O–H groups in total. The number of esters is 1. The van der Waals surface area contributed by atoms with Crippen molar-refractivity contribution >= 4 is 5.97 Å². The Kier molecular flexibility index (Phi) is 2.21. The van der Waals surface area contributed by atoms with E-state index in [9.17, 15) is 4.79 Å². The maximum absolute atomic E-state index is 11.8. The van der Waals surface area contributed by atoms with Crippen LogP contribution in [0.2, 0.25) is 0 Å². The van der Waals surface area contributed by atoms with Crippen LogP contribution in [0.5, 0.6) is 0 Å². The predicted molar refractivity (Wildman–Crippen MR) is 59.3 cm³/mol. The predicted octanol–water partition coefficient (Wildman–Crippen LogP) is 2.93. The highest BCUT2D eigenvalue weighted by Gasteiger charge is 2.59. The molecule has 2 rings (SSSR count). The number of carbonyl (C=O) groups excluding carboxylic acids is 1. The summed E-state index contributed by atoms with van der Waals surface area (Å²) < 4.78 is 5.13. The van der Waals surface area contributed by atoms with Crippen molar-refractivity contribution < 1.29 is 9.53 Å². The van der Waals surface area contributed by atoms with Crippen molar-refractivity contribution in [2.45, 2.75) is 40.5 Å². The second-order valence-electron chi connectivity index (χ2n) is 5.50. The van der Waals surface area contributed by atoms with E-state index in [-0.39, 0.29) is 16.8 Å². The lowest BCUT2D eigenvalue weighted by Gasteiger charge is -2.36. The number of hydrogen-bond donors (Lipinski definition) is 0. The third-order valence-corrected chi connectivity index (χ3v) is 4.76. The van der Waals surface area contributed by atoms with Gasteiger partial charge in [0, 0.05) is 11.0 Å². The highest BCUT2D eigenvalue weighted by Crippen LogP contribution is 2.65. The summed E-state index contributed by atoms with van der Waals surface area (Å²) in [5, 5.41) is 0. The first kappa shape index (κ1) is 10.7. The maximum Gasteiger partial charge on any atom is 0.334 e. The lowest BCUT2D eigenvalue weighted by atomic mass is 9.67. The van der Waals surface area contributed by atoms with Gasteiger partial charge in [0.05, 0.1) is 6.61 Å². The van der Waals surface area contributed by atoms with Crippen molar-refractivity contribution in [3.05, 3.63) is 11.6 Å². The molecule has 2 aliphatic rings. The van der Waals surface area contributed by atoms with Gasteiger partial charge in [-0.2, -0.15) is 0 Å². The summed E-state index contributed by atoms with van der Waals surface area (Å²) in [5.41, 5.74) is 1.17. The molecule has 84 valence electrons. The molecule has 2 nitrogen and oxygen atoms in total. The Hall–Kier alpha value is -0.790. The minimum Gasteiger partial charge on any atom is -0.463 e. The molecule has 0 aromatic carbocycles. The van der Waals surface area contributed by atoms with E-state index in [0.717, 1.165) is 12.0 Å². The third kappa shape index (κ3) is 1.20. The molecule has 0 aromatic heterocycles. The molecule has 1 saturated carbocycles. The molecule has 2 bridgehead atoms. The van der Waals surface area contributed by atoms with Crippen molar-refractivity contribution in [1.82, 2.24) is 0 Å². The summed E-state index contributed by atoms with van der Waals surface area (Å²) in [6.07, 6.45) is 4.49. The number of fused-ring (bicyclic) bond motifs is 2. The Morgan fingerprint density at radius 2 is 2.20 bits per heavy atom. The van der Waals surface area contributed by atoms with Crippen LogP contribution >= 0.6 is 0 Å². The van der Waals surface area contributed by atoms with E-state index in [0.29, 0.717) is 12.5 Å². The fourth-order valence-electron chi connectivity index (χ4n) is 3.20. The quantitative estimate of drug-likeness (QED) is 0.652. The minimum atomic E-state index is -0.102. The van der Waals surface area contributed by atoms with Crippen LogP contribution in [0.1, 0.15) is 40.5 Å². The van der Waals surface area contributed by atoms with Gasteiger partial charge in [-0.25, -0.2) is 4.79 Å². The first-order valence-electron chi connectivity index (χ1n) is 5.83. The molecule has 2 atom stereocenters. The Balaban J connectivity index is 2.31. The van der Waals surface area contributed by atoms with Crippen LogP contribution in [0.4, 0.5) is 0 Å². The van der Waals surface area contributed by atoms with Gasteiger partial charge in [-0.3, -0.25) is 0 Å². The van der Waals surface area contributed by atoms with Crippen LogP contribution in [0.15, 0.2) is 11.6 Å². The molecule has 0 radical (unpaired) electrons. The van der Waals surface area contributed by atoms with E-state index in [1.807, 2.05) is 6.92 Å². The zero-order chi connectivity index (χ0) is 11.3. The fraction of sp³-hybridized carbons (Fsp3) is 0.769. The van der Waals surface area contributed by atoms with Crippen LogP contribution in [-0.4, -0.2) is 12.6 Å². The Bertz CT molecular complexity index is 327. The van der Waals surface area contributed by atoms with Gasteiger partial charge in [-0.15, -0.1) is 0 Å². The molecule has 0 heterocycles. The Labute approximate surface area is 91.7 Å². The number of ether oxygens (including phenoxy) is 1. The van der Waals surface area contributed by atoms with Crippen molar-refractivity contribution in [3.8, 4) is 0 Å². The standard InChI is InChI=1S/C13H20O2/c1-5-15-11(14)10-8-9-6-7-13(10,4)12(9,2)3/h8-9H,5-7H2,1-4H3. The van der Waals surface area contributed by atoms with Gasteiger partial charge in [0.2, 0.25) is 0 Å². The zero-order valence-electron chi connectivity index (χ0n) is 10.1. The van der Waals surface area contributed by atoms with Gasteiger partial charge in [-0.05, 0) is 31.1 Å². The maximum atomic E-state index is 11.8. The summed E-state index contributed by atoms with van der Waals surface area (Å²) in [7, 11) is 0. The largest absolute Gasteiger partial charge is 0.463 e. The molecule has 0 saturated heterocycles. The normalized spacial score (nSPS) is 36.5. The lowest BCUT2D eigenvalue weighted by molar-refractivity contribution is -0.140. The molecule has 2 aliphatic carbocycles. The van der Waals surface area contributed by atoms with E-state index in [1.165, 1.54) is 6.42 Å². The Morgan fingerprint density at radius 1 is 1.53 bits per heavy atom. The van der Waals surface area contributed by atoms with E-state index >= 15 is 0 Å². The second-order valence-corrected chi connectivity index (χ2v) is 5.50. The van der Waals surface area contributed by atoms with Crippen LogP contribution < -0.4 is 0 Å². The van der Waals surface area contributed by atoms with Gasteiger partial charge < -0.3 is 4.74 Å². The molecular formula is C13H20O2. The van der Waals surface area contributed by atoms with Gasteiger partial charge in [0.25, 0.3) is 0 Å². The molecule has 15 heavy (non-hydrogen) atoms. The summed E-state index contributed by atoms with van der Waals surface area (Å²) >= 11 is 0. The Morgan fingerprint density at radius 3 is 2.60 bits per heavy atom. The number of hydrogen-bond acceptors (Lipinski definition) is 2. The highest BCUT2D eigenvalue weighted by atomic mass is 16.5. The molecular weight excluding hydrogens is 188 g/mol. The molecule has 0 aromatic rings. The van der Waals surface area contributed by atoms with Crippen LogP contribution in [0.3, 0.4) is 0 Å². The summed E-state index contributed by atoms with van der Waals surface area (Å²) in [5.74, 6) is 0.456. The topological polar surface area (TPSA) is 26.3 Å². The first-order chi connectivity index (χ1) is 6.93. The number of rotatable bonds is 2. The van der Waals surface area contributed by atoms with E-state index in [4.69, 9.17) is 4.74 Å². The summed E-state index contributed by atoms with van der Waals surface area (Å²) in [4.78, 5) is 11.8. The van der Waals surface area contributed by atoms with Gasteiger partial charge in [-0.1, -0.05) is 26.8 Å². The molecule has 1 fully saturated rings. The van der Waals surface area contributed by atoms with Crippen molar-refractivity contribution in [2.75, 3.05) is 6.61 Å². The van der Waals surface area contributed by atoms with E-state index < -0.39 is 0 Å². The van der Waals surface area contributed by atoms with Crippen LogP contribution in [0.25, 0.3) is 0 Å². The smallest absolute Gasteiger partial charge is 0.334 e.